The zero-order valence-electron chi connectivity index (χ0n) is 14.9. The second-order valence-corrected chi connectivity index (χ2v) is 6.46. The van der Waals surface area contributed by atoms with E-state index in [-0.39, 0.29) is 18.0 Å². The summed E-state index contributed by atoms with van der Waals surface area (Å²) in [5.74, 6) is 0.505. The summed E-state index contributed by atoms with van der Waals surface area (Å²) >= 11 is 0. The van der Waals surface area contributed by atoms with Gasteiger partial charge < -0.3 is 14.3 Å². The van der Waals surface area contributed by atoms with Crippen LogP contribution in [-0.4, -0.2) is 45.9 Å². The van der Waals surface area contributed by atoms with E-state index in [0.717, 1.165) is 42.9 Å². The Labute approximate surface area is 146 Å². The Morgan fingerprint density at radius 1 is 1.32 bits per heavy atom. The number of anilines is 1. The maximum absolute atomic E-state index is 12.4. The summed E-state index contributed by atoms with van der Waals surface area (Å²) < 4.78 is 6.32. The van der Waals surface area contributed by atoms with Crippen molar-refractivity contribution in [1.29, 1.82) is 0 Å². The third-order valence-electron chi connectivity index (χ3n) is 4.61. The number of amides is 1. The molecule has 1 saturated heterocycles. The van der Waals surface area contributed by atoms with Crippen LogP contribution in [0.1, 0.15) is 29.9 Å². The van der Waals surface area contributed by atoms with Crippen molar-refractivity contribution < 1.29 is 9.32 Å². The number of hydrogen-bond donors (Lipinski definition) is 0. The Hall–Kier alpha value is -2.64. The molecule has 0 aliphatic carbocycles. The normalized spacial score (nSPS) is 14.1. The van der Waals surface area contributed by atoms with Crippen LogP contribution >= 0.6 is 0 Å². The molecule has 134 valence electrons. The van der Waals surface area contributed by atoms with Gasteiger partial charge in [-0.3, -0.25) is 9.59 Å². The fraction of sp³-hybridized carbons (Fsp3) is 0.529. The van der Waals surface area contributed by atoms with Crippen molar-refractivity contribution in [3.63, 3.8) is 0 Å². The molecule has 1 aliphatic heterocycles. The molecule has 25 heavy (non-hydrogen) atoms. The minimum absolute atomic E-state index is 0.0843. The molecule has 1 amide bonds. The number of carbonyl (C=O) groups is 1. The highest BCUT2D eigenvalue weighted by Gasteiger charge is 2.18. The number of hydrogen-bond acceptors (Lipinski definition) is 6. The second kappa shape index (κ2) is 7.08. The molecule has 0 unspecified atom stereocenters. The first-order valence-corrected chi connectivity index (χ1v) is 8.43. The summed E-state index contributed by atoms with van der Waals surface area (Å²) in [4.78, 5) is 28.4. The van der Waals surface area contributed by atoms with Crippen LogP contribution in [0.5, 0.6) is 0 Å². The number of aromatic nitrogens is 3. The second-order valence-electron chi connectivity index (χ2n) is 6.46. The summed E-state index contributed by atoms with van der Waals surface area (Å²) in [5.41, 5.74) is 2.22. The van der Waals surface area contributed by atoms with Gasteiger partial charge in [-0.05, 0) is 26.7 Å². The van der Waals surface area contributed by atoms with Crippen molar-refractivity contribution in [2.45, 2.75) is 39.8 Å². The van der Waals surface area contributed by atoms with Crippen LogP contribution in [0, 0.1) is 13.8 Å². The highest BCUT2D eigenvalue weighted by Crippen LogP contribution is 2.17. The molecule has 1 fully saturated rings. The van der Waals surface area contributed by atoms with Gasteiger partial charge >= 0.3 is 0 Å². The lowest BCUT2D eigenvalue weighted by atomic mass is 10.2. The molecule has 2 aromatic heterocycles. The van der Waals surface area contributed by atoms with Gasteiger partial charge in [0, 0.05) is 31.8 Å². The van der Waals surface area contributed by atoms with Gasteiger partial charge in [0.05, 0.1) is 24.1 Å². The number of nitrogens with zero attached hydrogens (tertiary/aromatic N) is 5. The molecule has 8 heteroatoms. The number of rotatable bonds is 5. The predicted octanol–water partition coefficient (Wildman–Crippen LogP) is 1.11. The average Bonchev–Trinajstić information content (AvgIpc) is 3.22. The Morgan fingerprint density at radius 2 is 2.04 bits per heavy atom. The van der Waals surface area contributed by atoms with Gasteiger partial charge in [0.2, 0.25) is 5.91 Å². The standard InChI is InChI=1S/C17H23N5O3/c1-12-15(13(2)25-19-12)10-20(3)17(24)11-22-16(23)8-14(9-18-22)21-6-4-5-7-21/h8-9H,4-7,10-11H2,1-3H3. The molecule has 0 atom stereocenters. The zero-order chi connectivity index (χ0) is 18.0. The molecule has 0 aromatic carbocycles. The Balaban J connectivity index is 1.67. The topological polar surface area (TPSA) is 84.5 Å². The maximum atomic E-state index is 12.4. The summed E-state index contributed by atoms with van der Waals surface area (Å²) in [5, 5.41) is 8.05. The first-order chi connectivity index (χ1) is 12.0. The number of likely N-dealkylation sites (N-methyl/N-ethyl adjacent to an activating group) is 1. The van der Waals surface area contributed by atoms with Crippen molar-refractivity contribution in [2.24, 2.45) is 0 Å². The van der Waals surface area contributed by atoms with E-state index < -0.39 is 0 Å². The smallest absolute Gasteiger partial charge is 0.269 e. The predicted molar refractivity (Wildman–Crippen MR) is 92.4 cm³/mol. The fourth-order valence-electron chi connectivity index (χ4n) is 2.99. The Morgan fingerprint density at radius 3 is 2.64 bits per heavy atom. The largest absolute Gasteiger partial charge is 0.370 e. The fourth-order valence-corrected chi connectivity index (χ4v) is 2.99. The molecule has 0 N–H and O–H groups in total. The van der Waals surface area contributed by atoms with E-state index in [1.165, 1.54) is 4.68 Å². The molecule has 3 rings (SSSR count). The lowest BCUT2D eigenvalue weighted by molar-refractivity contribution is -0.131. The first kappa shape index (κ1) is 17.2. The van der Waals surface area contributed by atoms with Gasteiger partial charge in [0.25, 0.3) is 5.56 Å². The molecule has 0 saturated carbocycles. The van der Waals surface area contributed by atoms with Crippen molar-refractivity contribution in [1.82, 2.24) is 19.8 Å². The van der Waals surface area contributed by atoms with Gasteiger partial charge in [-0.2, -0.15) is 5.10 Å². The molecule has 1 aliphatic rings. The molecular formula is C17H23N5O3. The molecular weight excluding hydrogens is 322 g/mol. The van der Waals surface area contributed by atoms with E-state index in [9.17, 15) is 9.59 Å². The first-order valence-electron chi connectivity index (χ1n) is 8.43. The maximum Gasteiger partial charge on any atom is 0.269 e. The van der Waals surface area contributed by atoms with Gasteiger partial charge in [-0.25, -0.2) is 4.68 Å². The van der Waals surface area contributed by atoms with E-state index in [1.54, 1.807) is 24.2 Å². The van der Waals surface area contributed by atoms with Crippen molar-refractivity contribution in [3.8, 4) is 0 Å². The zero-order valence-corrected chi connectivity index (χ0v) is 14.9. The van der Waals surface area contributed by atoms with Gasteiger partial charge in [-0.15, -0.1) is 0 Å². The van der Waals surface area contributed by atoms with Crippen LogP contribution in [0.3, 0.4) is 0 Å². The van der Waals surface area contributed by atoms with Crippen LogP contribution in [0.4, 0.5) is 5.69 Å². The lowest BCUT2D eigenvalue weighted by Gasteiger charge is -2.19. The van der Waals surface area contributed by atoms with Crippen LogP contribution in [0.15, 0.2) is 21.6 Å². The third-order valence-corrected chi connectivity index (χ3v) is 4.61. The van der Waals surface area contributed by atoms with Crippen LogP contribution < -0.4 is 10.5 Å². The average molecular weight is 345 g/mol. The highest BCUT2D eigenvalue weighted by atomic mass is 16.5. The van der Waals surface area contributed by atoms with Crippen LogP contribution in [-0.2, 0) is 17.9 Å². The lowest BCUT2D eigenvalue weighted by Crippen LogP contribution is -2.35. The van der Waals surface area contributed by atoms with E-state index in [2.05, 4.69) is 15.2 Å². The summed E-state index contributed by atoms with van der Waals surface area (Å²) in [6, 6.07) is 1.56. The van der Waals surface area contributed by atoms with E-state index >= 15 is 0 Å². The molecule has 8 nitrogen and oxygen atoms in total. The minimum Gasteiger partial charge on any atom is -0.370 e. The summed E-state index contributed by atoms with van der Waals surface area (Å²) in [7, 11) is 1.69. The van der Waals surface area contributed by atoms with Gasteiger partial charge in [0.15, 0.2) is 0 Å². The van der Waals surface area contributed by atoms with Crippen molar-refractivity contribution in [2.75, 3.05) is 25.0 Å². The highest BCUT2D eigenvalue weighted by molar-refractivity contribution is 5.75. The van der Waals surface area contributed by atoms with E-state index in [1.807, 2.05) is 13.8 Å². The molecule has 0 spiro atoms. The number of carbonyl (C=O) groups excluding carboxylic acids is 1. The van der Waals surface area contributed by atoms with E-state index in [4.69, 9.17) is 4.52 Å². The third kappa shape index (κ3) is 3.72. The molecule has 2 aromatic rings. The monoisotopic (exact) mass is 345 g/mol. The van der Waals surface area contributed by atoms with Crippen LogP contribution in [0.2, 0.25) is 0 Å². The molecule has 3 heterocycles. The molecule has 0 radical (unpaired) electrons. The SMILES string of the molecule is Cc1noc(C)c1CN(C)C(=O)Cn1ncc(N2CCCC2)cc1=O. The van der Waals surface area contributed by atoms with Crippen LogP contribution in [0.25, 0.3) is 0 Å². The summed E-state index contributed by atoms with van der Waals surface area (Å²) in [6.45, 7) is 5.86. The van der Waals surface area contributed by atoms with Gasteiger partial charge in [-0.1, -0.05) is 5.16 Å². The minimum atomic E-state index is -0.261. The number of aryl methyl sites for hydroxylation is 2. The molecule has 0 bridgehead atoms. The quantitative estimate of drug-likeness (QED) is 0.807. The van der Waals surface area contributed by atoms with Crippen molar-refractivity contribution >= 4 is 11.6 Å². The van der Waals surface area contributed by atoms with Crippen molar-refractivity contribution in [3.05, 3.63) is 39.6 Å². The Bertz CT molecular complexity index is 800. The summed E-state index contributed by atoms with van der Waals surface area (Å²) in [6.07, 6.45) is 3.93. The van der Waals surface area contributed by atoms with Gasteiger partial charge in [0.1, 0.15) is 12.3 Å². The van der Waals surface area contributed by atoms with E-state index in [0.29, 0.717) is 12.3 Å². The Kier molecular flexibility index (Phi) is 4.87.